The Morgan fingerprint density at radius 2 is 2.09 bits per heavy atom. The molecule has 2 aromatic rings. The summed E-state index contributed by atoms with van der Waals surface area (Å²) in [5.74, 6) is 0.324. The molecule has 0 saturated carbocycles. The third-order valence-corrected chi connectivity index (χ3v) is 3.58. The third kappa shape index (κ3) is 3.85. The number of nitrogen functional groups attached to an aromatic ring is 1. The van der Waals surface area contributed by atoms with Gasteiger partial charge in [-0.15, -0.1) is 0 Å². The van der Waals surface area contributed by atoms with Crippen LogP contribution in [0.1, 0.15) is 11.7 Å². The van der Waals surface area contributed by atoms with Crippen molar-refractivity contribution in [1.29, 1.82) is 0 Å². The van der Waals surface area contributed by atoms with Crippen LogP contribution in [0.3, 0.4) is 0 Å². The smallest absolute Gasteiger partial charge is 0.233 e. The van der Waals surface area contributed by atoms with Crippen LogP contribution in [0, 0.1) is 0 Å². The number of carbonyl (C=O) groups excluding carboxylic acids is 1. The van der Waals surface area contributed by atoms with Crippen molar-refractivity contribution in [2.24, 2.45) is 0 Å². The highest BCUT2D eigenvalue weighted by Crippen LogP contribution is 2.24. The molecule has 1 atom stereocenters. The van der Waals surface area contributed by atoms with E-state index in [-0.39, 0.29) is 23.3 Å². The summed E-state index contributed by atoms with van der Waals surface area (Å²) in [4.78, 5) is 24.2. The fourth-order valence-electron chi connectivity index (χ4n) is 2.30. The third-order valence-electron chi connectivity index (χ3n) is 3.41. The van der Waals surface area contributed by atoms with E-state index in [9.17, 15) is 4.79 Å². The quantitative estimate of drug-likeness (QED) is 0.813. The molecule has 3 N–H and O–H groups in total. The Labute approximate surface area is 137 Å². The Bertz CT molecular complexity index is 676. The van der Waals surface area contributed by atoms with Crippen molar-refractivity contribution in [2.45, 2.75) is 6.10 Å². The maximum atomic E-state index is 10.9. The summed E-state index contributed by atoms with van der Waals surface area (Å²) in [5, 5.41) is 3.03. The average Bonchev–Trinajstić information content (AvgIpc) is 2.55. The first-order valence-electron chi connectivity index (χ1n) is 6.99. The number of hydrogen-bond acceptors (Lipinski definition) is 7. The molecule has 3 rings (SSSR count). The van der Waals surface area contributed by atoms with Crippen LogP contribution in [0.25, 0.3) is 0 Å². The topological polar surface area (TPSA) is 106 Å². The van der Waals surface area contributed by atoms with Crippen molar-refractivity contribution >= 4 is 35.6 Å². The normalized spacial score (nSPS) is 17.8. The van der Waals surface area contributed by atoms with Crippen molar-refractivity contribution in [3.63, 3.8) is 0 Å². The molecule has 1 aromatic heterocycles. The van der Waals surface area contributed by atoms with Gasteiger partial charge in [-0.25, -0.2) is 0 Å². The number of carbonyl (C=O) groups is 1. The van der Waals surface area contributed by atoms with Crippen molar-refractivity contribution in [3.05, 3.63) is 35.1 Å². The molecular weight excluding hydrogens is 320 g/mol. The summed E-state index contributed by atoms with van der Waals surface area (Å²) in [6, 6.07) is 7.58. The van der Waals surface area contributed by atoms with E-state index in [0.717, 1.165) is 17.7 Å². The number of benzene rings is 1. The Kier molecular flexibility index (Phi) is 4.54. The summed E-state index contributed by atoms with van der Waals surface area (Å²) < 4.78 is 5.70. The van der Waals surface area contributed by atoms with Gasteiger partial charge in [0.15, 0.2) is 0 Å². The molecule has 0 aliphatic carbocycles. The van der Waals surface area contributed by atoms with Gasteiger partial charge in [0.25, 0.3) is 0 Å². The lowest BCUT2D eigenvalue weighted by Crippen LogP contribution is -2.37. The Morgan fingerprint density at radius 1 is 1.30 bits per heavy atom. The van der Waals surface area contributed by atoms with Gasteiger partial charge in [0.1, 0.15) is 6.10 Å². The standard InChI is InChI=1S/C14H15ClN6O2/c15-12-18-13(16)20-14(19-12)17-10-3-1-9(2-4-10)11-7-21(8-22)5-6-23-11/h1-4,8,11H,5-7H2,(H3,16,17,18,19,20). The van der Waals surface area contributed by atoms with Crippen LogP contribution in [0.4, 0.5) is 17.6 Å². The minimum atomic E-state index is -0.120. The van der Waals surface area contributed by atoms with Crippen molar-refractivity contribution in [2.75, 3.05) is 30.7 Å². The molecule has 0 spiro atoms. The summed E-state index contributed by atoms with van der Waals surface area (Å²) in [6.07, 6.45) is 0.727. The molecule has 1 unspecified atom stereocenters. The van der Waals surface area contributed by atoms with E-state index in [1.165, 1.54) is 0 Å². The second-order valence-electron chi connectivity index (χ2n) is 4.99. The predicted octanol–water partition coefficient (Wildman–Crippen LogP) is 1.38. The summed E-state index contributed by atoms with van der Waals surface area (Å²) in [7, 11) is 0. The highest BCUT2D eigenvalue weighted by Gasteiger charge is 2.20. The molecule has 1 amide bonds. The Balaban J connectivity index is 1.70. The number of ether oxygens (including phenoxy) is 1. The van der Waals surface area contributed by atoms with Crippen LogP contribution in [0.15, 0.2) is 24.3 Å². The number of halogens is 1. The molecule has 1 aromatic carbocycles. The van der Waals surface area contributed by atoms with Crippen LogP contribution in [-0.2, 0) is 9.53 Å². The number of nitrogens with two attached hydrogens (primary N) is 1. The molecule has 1 aliphatic rings. The zero-order chi connectivity index (χ0) is 16.2. The van der Waals surface area contributed by atoms with Gasteiger partial charge in [0.2, 0.25) is 23.6 Å². The maximum Gasteiger partial charge on any atom is 0.233 e. The molecule has 23 heavy (non-hydrogen) atoms. The maximum absolute atomic E-state index is 10.9. The lowest BCUT2D eigenvalue weighted by atomic mass is 10.1. The van der Waals surface area contributed by atoms with Gasteiger partial charge in [0.05, 0.1) is 13.2 Å². The number of aromatic nitrogens is 3. The van der Waals surface area contributed by atoms with E-state index < -0.39 is 0 Å². The fourth-order valence-corrected chi connectivity index (χ4v) is 2.46. The summed E-state index contributed by atoms with van der Waals surface area (Å²) in [5.41, 5.74) is 7.30. The Hall–Kier alpha value is -2.45. The number of nitrogens with one attached hydrogen (secondary N) is 1. The second-order valence-corrected chi connectivity index (χ2v) is 5.33. The Morgan fingerprint density at radius 3 is 2.78 bits per heavy atom. The van der Waals surface area contributed by atoms with Gasteiger partial charge < -0.3 is 20.7 Å². The number of amides is 1. The molecule has 1 aliphatic heterocycles. The zero-order valence-electron chi connectivity index (χ0n) is 12.1. The van der Waals surface area contributed by atoms with E-state index >= 15 is 0 Å². The van der Waals surface area contributed by atoms with Gasteiger partial charge in [0, 0.05) is 12.2 Å². The molecule has 2 heterocycles. The average molecular weight is 335 g/mol. The monoisotopic (exact) mass is 334 g/mol. The van der Waals surface area contributed by atoms with E-state index in [1.54, 1.807) is 4.90 Å². The largest absolute Gasteiger partial charge is 0.370 e. The highest BCUT2D eigenvalue weighted by atomic mass is 35.5. The first-order chi connectivity index (χ1) is 11.1. The molecule has 0 radical (unpaired) electrons. The lowest BCUT2D eigenvalue weighted by Gasteiger charge is -2.30. The first kappa shape index (κ1) is 15.4. The van der Waals surface area contributed by atoms with E-state index in [4.69, 9.17) is 22.1 Å². The highest BCUT2D eigenvalue weighted by molar-refractivity contribution is 6.28. The van der Waals surface area contributed by atoms with E-state index in [0.29, 0.717) is 19.7 Å². The first-order valence-corrected chi connectivity index (χ1v) is 7.37. The number of hydrogen-bond donors (Lipinski definition) is 2. The molecular formula is C14H15ClN6O2. The summed E-state index contributed by atoms with van der Waals surface area (Å²) in [6.45, 7) is 1.71. The molecule has 9 heteroatoms. The molecule has 0 bridgehead atoms. The van der Waals surface area contributed by atoms with Gasteiger partial charge in [-0.3, -0.25) is 4.79 Å². The SMILES string of the molecule is Nc1nc(Cl)nc(Nc2ccc(C3CN(C=O)CCO3)cc2)n1. The number of anilines is 3. The van der Waals surface area contributed by atoms with Crippen molar-refractivity contribution < 1.29 is 9.53 Å². The predicted molar refractivity (Wildman–Crippen MR) is 85.3 cm³/mol. The van der Waals surface area contributed by atoms with Crippen LogP contribution >= 0.6 is 11.6 Å². The summed E-state index contributed by atoms with van der Waals surface area (Å²) >= 11 is 5.74. The molecule has 8 nitrogen and oxygen atoms in total. The van der Waals surface area contributed by atoms with E-state index in [1.807, 2.05) is 24.3 Å². The number of morpholine rings is 1. The van der Waals surface area contributed by atoms with Gasteiger partial charge in [-0.2, -0.15) is 15.0 Å². The fraction of sp³-hybridized carbons (Fsp3) is 0.286. The lowest BCUT2D eigenvalue weighted by molar-refractivity contribution is -0.125. The number of nitrogens with zero attached hydrogens (tertiary/aromatic N) is 4. The van der Waals surface area contributed by atoms with Crippen molar-refractivity contribution in [1.82, 2.24) is 19.9 Å². The number of rotatable bonds is 4. The molecule has 1 fully saturated rings. The van der Waals surface area contributed by atoms with Crippen LogP contribution in [-0.4, -0.2) is 46.0 Å². The van der Waals surface area contributed by atoms with Gasteiger partial charge in [-0.1, -0.05) is 12.1 Å². The van der Waals surface area contributed by atoms with Crippen LogP contribution in [0.5, 0.6) is 0 Å². The van der Waals surface area contributed by atoms with Crippen LogP contribution in [0.2, 0.25) is 5.28 Å². The molecule has 1 saturated heterocycles. The minimum Gasteiger partial charge on any atom is -0.370 e. The van der Waals surface area contributed by atoms with Crippen LogP contribution < -0.4 is 11.1 Å². The second kappa shape index (κ2) is 6.76. The van der Waals surface area contributed by atoms with Gasteiger partial charge in [-0.05, 0) is 29.3 Å². The van der Waals surface area contributed by atoms with E-state index in [2.05, 4.69) is 20.3 Å². The zero-order valence-corrected chi connectivity index (χ0v) is 12.9. The molecule has 120 valence electrons. The van der Waals surface area contributed by atoms with Crippen molar-refractivity contribution in [3.8, 4) is 0 Å². The van der Waals surface area contributed by atoms with Gasteiger partial charge >= 0.3 is 0 Å². The minimum absolute atomic E-state index is 0.0289.